The number of fused-ring (bicyclic) bond motifs is 4. The highest BCUT2D eigenvalue weighted by atomic mass is 19.1. The van der Waals surface area contributed by atoms with Crippen LogP contribution in [0.5, 0.6) is 0 Å². The molecule has 1 aromatic carbocycles. The molecule has 0 radical (unpaired) electrons. The number of aliphatic hydroxyl groups excluding tert-OH is 1. The smallest absolute Gasteiger partial charge is 0.152 e. The van der Waals surface area contributed by atoms with Crippen molar-refractivity contribution >= 4 is 16.6 Å². The van der Waals surface area contributed by atoms with Crippen LogP contribution in [0, 0.1) is 12.7 Å². The highest BCUT2D eigenvalue weighted by molar-refractivity contribution is 5.92. The highest BCUT2D eigenvalue weighted by Crippen LogP contribution is 2.47. The largest absolute Gasteiger partial charge is 0.383 e. The number of nitrogens with zero attached hydrogens (tertiary/aromatic N) is 2. The molecular weight excluding hydrogens is 383 g/mol. The lowest BCUT2D eigenvalue weighted by Crippen LogP contribution is -2.47. The predicted molar refractivity (Wildman–Crippen MR) is 111 cm³/mol. The van der Waals surface area contributed by atoms with Crippen LogP contribution in [-0.4, -0.2) is 45.1 Å². The van der Waals surface area contributed by atoms with Gasteiger partial charge in [-0.15, -0.1) is 0 Å². The van der Waals surface area contributed by atoms with Crippen LogP contribution in [0.3, 0.4) is 0 Å². The molecule has 30 heavy (non-hydrogen) atoms. The number of aromatic nitrogens is 1. The van der Waals surface area contributed by atoms with Crippen LogP contribution < -0.4 is 0 Å². The van der Waals surface area contributed by atoms with Gasteiger partial charge in [0.1, 0.15) is 11.4 Å². The summed E-state index contributed by atoms with van der Waals surface area (Å²) in [6.07, 6.45) is 4.41. The van der Waals surface area contributed by atoms with E-state index in [1.165, 1.54) is 5.56 Å². The van der Waals surface area contributed by atoms with Gasteiger partial charge in [-0.2, -0.15) is 0 Å². The molecule has 0 saturated heterocycles. The van der Waals surface area contributed by atoms with Crippen molar-refractivity contribution in [1.82, 2.24) is 9.88 Å². The van der Waals surface area contributed by atoms with E-state index in [0.717, 1.165) is 63.9 Å². The Morgan fingerprint density at radius 1 is 1.30 bits per heavy atom. The normalized spacial score (nSPS) is 27.2. The van der Waals surface area contributed by atoms with Crippen LogP contribution in [0.4, 0.5) is 4.39 Å². The van der Waals surface area contributed by atoms with Gasteiger partial charge < -0.3 is 19.8 Å². The zero-order valence-corrected chi connectivity index (χ0v) is 17.3. The molecule has 1 unspecified atom stereocenters. The Labute approximate surface area is 174 Å². The van der Waals surface area contributed by atoms with E-state index in [1.54, 1.807) is 6.07 Å². The van der Waals surface area contributed by atoms with Gasteiger partial charge in [0.2, 0.25) is 0 Å². The summed E-state index contributed by atoms with van der Waals surface area (Å²) in [5.41, 5.74) is 6.84. The van der Waals surface area contributed by atoms with E-state index in [-0.39, 0.29) is 12.4 Å². The molecule has 0 spiro atoms. The van der Waals surface area contributed by atoms with Crippen molar-refractivity contribution in [2.45, 2.75) is 57.9 Å². The van der Waals surface area contributed by atoms with E-state index in [9.17, 15) is 14.6 Å². The zero-order chi connectivity index (χ0) is 20.8. The molecule has 0 bridgehead atoms. The molecule has 2 aromatic rings. The predicted octanol–water partition coefficient (Wildman–Crippen LogP) is 3.13. The number of hydrogen-bond acceptors (Lipinski definition) is 5. The fourth-order valence-electron chi connectivity index (χ4n) is 5.71. The van der Waals surface area contributed by atoms with Crippen LogP contribution in [0.15, 0.2) is 23.3 Å². The molecule has 6 rings (SSSR count). The Morgan fingerprint density at radius 2 is 2.10 bits per heavy atom. The molecule has 156 valence electrons. The lowest BCUT2D eigenvalue weighted by molar-refractivity contribution is -0.0462. The summed E-state index contributed by atoms with van der Waals surface area (Å²) in [4.78, 5) is 6.83. The maximum Gasteiger partial charge on any atom is 0.152 e. The van der Waals surface area contributed by atoms with E-state index in [2.05, 4.69) is 0 Å². The van der Waals surface area contributed by atoms with Gasteiger partial charge in [-0.1, -0.05) is 6.92 Å². The van der Waals surface area contributed by atoms with E-state index in [1.807, 2.05) is 24.8 Å². The minimum absolute atomic E-state index is 0.208. The second-order valence-electron chi connectivity index (χ2n) is 8.98. The van der Waals surface area contributed by atoms with Crippen molar-refractivity contribution in [1.29, 1.82) is 0 Å². The third-order valence-electron chi connectivity index (χ3n) is 7.47. The first-order chi connectivity index (χ1) is 14.4. The monoisotopic (exact) mass is 408 g/mol. The SMILES string of the molecule is CC[C@@]1(O)COCC2=C1C=C1c3nc4cc(F)c(C)c5c4c(c3CN1C2O)CCC5. The zero-order valence-electron chi connectivity index (χ0n) is 17.3. The summed E-state index contributed by atoms with van der Waals surface area (Å²) in [5.74, 6) is -0.208. The van der Waals surface area contributed by atoms with Crippen molar-refractivity contribution in [2.24, 2.45) is 0 Å². The van der Waals surface area contributed by atoms with E-state index in [0.29, 0.717) is 25.1 Å². The van der Waals surface area contributed by atoms with Gasteiger partial charge in [0.05, 0.1) is 30.1 Å². The van der Waals surface area contributed by atoms with Gasteiger partial charge in [-0.3, -0.25) is 0 Å². The topological polar surface area (TPSA) is 65.8 Å². The summed E-state index contributed by atoms with van der Waals surface area (Å²) in [6.45, 7) is 4.87. The van der Waals surface area contributed by atoms with Gasteiger partial charge in [0, 0.05) is 29.1 Å². The molecule has 1 aromatic heterocycles. The van der Waals surface area contributed by atoms with Gasteiger partial charge in [-0.25, -0.2) is 9.37 Å². The van der Waals surface area contributed by atoms with Crippen LogP contribution in [0.2, 0.25) is 0 Å². The summed E-state index contributed by atoms with van der Waals surface area (Å²) >= 11 is 0. The number of pyridine rings is 1. The number of rotatable bonds is 1. The summed E-state index contributed by atoms with van der Waals surface area (Å²) in [7, 11) is 0. The van der Waals surface area contributed by atoms with Crippen LogP contribution in [-0.2, 0) is 24.1 Å². The van der Waals surface area contributed by atoms with Gasteiger partial charge in [-0.05, 0) is 60.9 Å². The van der Waals surface area contributed by atoms with Crippen LogP contribution >= 0.6 is 0 Å². The highest BCUT2D eigenvalue weighted by Gasteiger charge is 2.44. The molecule has 1 aliphatic carbocycles. The fourth-order valence-corrected chi connectivity index (χ4v) is 5.71. The number of aryl methyl sites for hydroxylation is 2. The Kier molecular flexibility index (Phi) is 3.77. The van der Waals surface area contributed by atoms with Crippen LogP contribution in [0.1, 0.15) is 47.7 Å². The molecule has 6 heteroatoms. The first kappa shape index (κ1) is 18.5. The summed E-state index contributed by atoms with van der Waals surface area (Å²) in [6, 6.07) is 1.55. The first-order valence-electron chi connectivity index (χ1n) is 10.8. The number of benzene rings is 1. The maximum atomic E-state index is 14.6. The molecule has 3 aliphatic heterocycles. The van der Waals surface area contributed by atoms with Crippen LogP contribution in [0.25, 0.3) is 16.6 Å². The standard InChI is InChI=1S/C24H25FN2O3/c1-3-24(29)11-30-10-16-17(24)7-20-22-15(9-27(20)23(16)28)14-6-4-5-13-12(2)18(25)8-19(26-22)21(13)14/h7-8,23,28-29H,3-6,9-11H2,1-2H3/t23?,24-/m1/s1. The quantitative estimate of drug-likeness (QED) is 0.759. The molecular formula is C24H25FN2O3. The van der Waals surface area contributed by atoms with Crippen molar-refractivity contribution < 1.29 is 19.3 Å². The molecule has 0 fully saturated rings. The summed E-state index contributed by atoms with van der Waals surface area (Å²) < 4.78 is 20.2. The second kappa shape index (κ2) is 6.13. The van der Waals surface area contributed by atoms with Gasteiger partial charge in [0.25, 0.3) is 0 Å². The summed E-state index contributed by atoms with van der Waals surface area (Å²) in [5, 5.41) is 23.4. The lowest BCUT2D eigenvalue weighted by Gasteiger charge is -2.42. The molecule has 4 heterocycles. The Balaban J connectivity index is 1.61. The Morgan fingerprint density at radius 3 is 2.90 bits per heavy atom. The molecule has 0 amide bonds. The molecule has 4 aliphatic rings. The Hall–Kier alpha value is -2.28. The van der Waals surface area contributed by atoms with Crippen molar-refractivity contribution in [3.05, 3.63) is 57.1 Å². The second-order valence-corrected chi connectivity index (χ2v) is 8.98. The molecule has 0 saturated carbocycles. The van der Waals surface area contributed by atoms with Crippen molar-refractivity contribution in [3.8, 4) is 0 Å². The van der Waals surface area contributed by atoms with Crippen molar-refractivity contribution in [2.75, 3.05) is 13.2 Å². The molecule has 2 N–H and O–H groups in total. The molecule has 2 atom stereocenters. The number of hydrogen-bond donors (Lipinski definition) is 2. The third-order valence-corrected chi connectivity index (χ3v) is 7.47. The Bertz CT molecular complexity index is 1190. The van der Waals surface area contributed by atoms with Gasteiger partial charge >= 0.3 is 0 Å². The lowest BCUT2D eigenvalue weighted by atomic mass is 9.82. The average Bonchev–Trinajstić information content (AvgIpc) is 3.12. The van der Waals surface area contributed by atoms with Gasteiger partial charge in [0.15, 0.2) is 6.23 Å². The molecule has 5 nitrogen and oxygen atoms in total. The third kappa shape index (κ3) is 2.24. The van der Waals surface area contributed by atoms with E-state index < -0.39 is 11.8 Å². The maximum absolute atomic E-state index is 14.6. The number of aliphatic hydroxyl groups is 2. The minimum atomic E-state index is -1.11. The first-order valence-corrected chi connectivity index (χ1v) is 10.8. The van der Waals surface area contributed by atoms with Crippen molar-refractivity contribution in [3.63, 3.8) is 0 Å². The average molecular weight is 408 g/mol. The fraction of sp³-hybridized carbons (Fsp3) is 0.458. The van der Waals surface area contributed by atoms with E-state index in [4.69, 9.17) is 9.72 Å². The number of halogens is 1. The minimum Gasteiger partial charge on any atom is -0.383 e. The number of ether oxygens (including phenoxy) is 1. The van der Waals surface area contributed by atoms with E-state index >= 15 is 0 Å².